The summed E-state index contributed by atoms with van der Waals surface area (Å²) in [6, 6.07) is 2.19. The van der Waals surface area contributed by atoms with Crippen molar-refractivity contribution in [2.45, 2.75) is 24.4 Å². The largest absolute Gasteiger partial charge is 0.322 e. The average molecular weight is 157 g/mol. The highest BCUT2D eigenvalue weighted by molar-refractivity contribution is 7.64. The van der Waals surface area contributed by atoms with Crippen LogP contribution in [0.1, 0.15) is 19.3 Å². The van der Waals surface area contributed by atoms with Crippen molar-refractivity contribution in [3.05, 3.63) is 0 Å². The third-order valence-electron chi connectivity index (χ3n) is 2.42. The molecule has 2 nitrogen and oxygen atoms in total. The predicted octanol–water partition coefficient (Wildman–Crippen LogP) is 2.06. The molecule has 0 aromatic carbocycles. The van der Waals surface area contributed by atoms with Crippen LogP contribution in [0.5, 0.6) is 0 Å². The monoisotopic (exact) mass is 157 g/mol. The van der Waals surface area contributed by atoms with Gasteiger partial charge in [-0.25, -0.2) is 0 Å². The molecule has 0 radical (unpaired) electrons. The maximum absolute atomic E-state index is 11.5. The van der Waals surface area contributed by atoms with E-state index >= 15 is 0 Å². The van der Waals surface area contributed by atoms with E-state index < -0.39 is 12.3 Å². The van der Waals surface area contributed by atoms with E-state index in [0.717, 1.165) is 19.3 Å². The maximum atomic E-state index is 11.5. The molecule has 0 aromatic heterocycles. The Morgan fingerprint density at radius 2 is 2.00 bits per heavy atom. The minimum Gasteiger partial charge on any atom is -0.322 e. The van der Waals surface area contributed by atoms with E-state index in [2.05, 4.69) is 6.07 Å². The van der Waals surface area contributed by atoms with Gasteiger partial charge in [-0.05, 0) is 32.6 Å². The van der Waals surface area contributed by atoms with Gasteiger partial charge in [-0.2, -0.15) is 5.26 Å². The molecular weight excluding hydrogens is 145 g/mol. The van der Waals surface area contributed by atoms with E-state index in [1.807, 2.05) is 0 Å². The Hall–Kier alpha value is -0.280. The third kappa shape index (κ3) is 0.896. The standard InChI is InChI=1S/C7H12NOP/c1-10(2,9)7(6-8)4-3-5-7/h3-5H2,1-2H3. The topological polar surface area (TPSA) is 40.9 Å². The molecule has 0 N–H and O–H groups in total. The molecule has 0 bridgehead atoms. The zero-order valence-electron chi connectivity index (χ0n) is 6.42. The van der Waals surface area contributed by atoms with Crippen LogP contribution in [0.3, 0.4) is 0 Å². The second kappa shape index (κ2) is 2.10. The Labute approximate surface area is 61.6 Å². The summed E-state index contributed by atoms with van der Waals surface area (Å²) in [7, 11) is -2.16. The van der Waals surface area contributed by atoms with Crippen LogP contribution >= 0.6 is 7.14 Å². The minimum absolute atomic E-state index is 0.438. The SMILES string of the molecule is CP(C)(=O)C1(C#N)CCC1. The highest BCUT2D eigenvalue weighted by Gasteiger charge is 2.47. The third-order valence-corrected chi connectivity index (χ3v) is 5.03. The molecule has 0 unspecified atom stereocenters. The van der Waals surface area contributed by atoms with Crippen molar-refractivity contribution in [1.82, 2.24) is 0 Å². The average Bonchev–Trinajstić information content (AvgIpc) is 1.58. The molecule has 1 saturated carbocycles. The van der Waals surface area contributed by atoms with Gasteiger partial charge in [-0.15, -0.1) is 0 Å². The van der Waals surface area contributed by atoms with Crippen LogP contribution in [0.15, 0.2) is 0 Å². The van der Waals surface area contributed by atoms with Crippen molar-refractivity contribution in [2.75, 3.05) is 13.3 Å². The molecule has 56 valence electrons. The Bertz CT molecular complexity index is 218. The molecule has 0 aliphatic heterocycles. The van der Waals surface area contributed by atoms with Crippen molar-refractivity contribution in [3.8, 4) is 6.07 Å². The van der Waals surface area contributed by atoms with Gasteiger partial charge in [0.25, 0.3) is 0 Å². The lowest BCUT2D eigenvalue weighted by molar-refractivity contribution is 0.409. The Balaban J connectivity index is 2.88. The normalized spacial score (nSPS) is 22.9. The molecule has 0 amide bonds. The van der Waals surface area contributed by atoms with E-state index in [1.165, 1.54) is 0 Å². The fourth-order valence-electron chi connectivity index (χ4n) is 1.28. The van der Waals surface area contributed by atoms with Crippen LogP contribution in [0.25, 0.3) is 0 Å². The molecule has 0 aromatic rings. The van der Waals surface area contributed by atoms with E-state index in [9.17, 15) is 4.57 Å². The maximum Gasteiger partial charge on any atom is 0.110 e. The summed E-state index contributed by atoms with van der Waals surface area (Å²) in [4.78, 5) is 0. The predicted molar refractivity (Wildman–Crippen MR) is 41.6 cm³/mol. The number of nitrogens with zero attached hydrogens (tertiary/aromatic N) is 1. The first-order valence-corrected chi connectivity index (χ1v) is 6.08. The fourth-order valence-corrected chi connectivity index (χ4v) is 2.92. The minimum atomic E-state index is -2.16. The summed E-state index contributed by atoms with van der Waals surface area (Å²) in [6.45, 7) is 3.44. The molecule has 1 aliphatic carbocycles. The summed E-state index contributed by atoms with van der Waals surface area (Å²) in [6.07, 6.45) is 2.75. The lowest BCUT2D eigenvalue weighted by Crippen LogP contribution is -2.34. The summed E-state index contributed by atoms with van der Waals surface area (Å²) in [5, 5.41) is 8.31. The Morgan fingerprint density at radius 1 is 1.50 bits per heavy atom. The highest BCUT2D eigenvalue weighted by atomic mass is 31.2. The van der Waals surface area contributed by atoms with Crippen molar-refractivity contribution in [2.24, 2.45) is 0 Å². The second-order valence-corrected chi connectivity index (χ2v) is 6.91. The van der Waals surface area contributed by atoms with E-state index in [-0.39, 0.29) is 0 Å². The number of hydrogen-bond donors (Lipinski definition) is 0. The zero-order chi connectivity index (χ0) is 7.83. The van der Waals surface area contributed by atoms with Gasteiger partial charge in [0.1, 0.15) is 12.3 Å². The number of nitriles is 1. The summed E-state index contributed by atoms with van der Waals surface area (Å²) < 4.78 is 11.5. The molecule has 0 heterocycles. The molecule has 3 heteroatoms. The fraction of sp³-hybridized carbons (Fsp3) is 0.857. The molecule has 1 fully saturated rings. The van der Waals surface area contributed by atoms with E-state index in [1.54, 1.807) is 13.3 Å². The quantitative estimate of drug-likeness (QED) is 0.546. The smallest absolute Gasteiger partial charge is 0.110 e. The molecule has 0 spiro atoms. The van der Waals surface area contributed by atoms with Crippen LogP contribution in [0.2, 0.25) is 0 Å². The highest BCUT2D eigenvalue weighted by Crippen LogP contribution is 2.61. The second-order valence-electron chi connectivity index (χ2n) is 3.35. The first kappa shape index (κ1) is 7.82. The Kier molecular flexibility index (Phi) is 1.65. The lowest BCUT2D eigenvalue weighted by atomic mass is 9.86. The van der Waals surface area contributed by atoms with Crippen LogP contribution in [0.4, 0.5) is 0 Å². The van der Waals surface area contributed by atoms with E-state index in [0.29, 0.717) is 0 Å². The van der Waals surface area contributed by atoms with Crippen molar-refractivity contribution < 1.29 is 4.57 Å². The van der Waals surface area contributed by atoms with Crippen LogP contribution in [0, 0.1) is 11.3 Å². The van der Waals surface area contributed by atoms with Gasteiger partial charge in [0, 0.05) is 0 Å². The van der Waals surface area contributed by atoms with Crippen LogP contribution < -0.4 is 0 Å². The van der Waals surface area contributed by atoms with Gasteiger partial charge in [0.2, 0.25) is 0 Å². The van der Waals surface area contributed by atoms with Gasteiger partial charge in [0.15, 0.2) is 0 Å². The molecule has 1 aliphatic rings. The molecular formula is C7H12NOP. The Morgan fingerprint density at radius 3 is 2.00 bits per heavy atom. The van der Waals surface area contributed by atoms with Gasteiger partial charge in [0.05, 0.1) is 6.07 Å². The number of hydrogen-bond acceptors (Lipinski definition) is 2. The molecule has 0 saturated heterocycles. The van der Waals surface area contributed by atoms with Crippen LogP contribution in [-0.2, 0) is 4.57 Å². The van der Waals surface area contributed by atoms with Gasteiger partial charge >= 0.3 is 0 Å². The molecule has 10 heavy (non-hydrogen) atoms. The van der Waals surface area contributed by atoms with Crippen LogP contribution in [-0.4, -0.2) is 18.5 Å². The first-order chi connectivity index (χ1) is 4.52. The van der Waals surface area contributed by atoms with Crippen molar-refractivity contribution >= 4 is 7.14 Å². The summed E-state index contributed by atoms with van der Waals surface area (Å²) >= 11 is 0. The molecule has 0 atom stereocenters. The lowest BCUT2D eigenvalue weighted by Gasteiger charge is -2.38. The zero-order valence-corrected chi connectivity index (χ0v) is 7.32. The van der Waals surface area contributed by atoms with Crippen molar-refractivity contribution in [3.63, 3.8) is 0 Å². The van der Waals surface area contributed by atoms with E-state index in [4.69, 9.17) is 5.26 Å². The molecule has 1 rings (SSSR count). The van der Waals surface area contributed by atoms with Gasteiger partial charge in [-0.3, -0.25) is 0 Å². The summed E-state index contributed by atoms with van der Waals surface area (Å²) in [5.74, 6) is 0. The summed E-state index contributed by atoms with van der Waals surface area (Å²) in [5.41, 5.74) is 0. The van der Waals surface area contributed by atoms with Crippen molar-refractivity contribution in [1.29, 1.82) is 5.26 Å². The van der Waals surface area contributed by atoms with Gasteiger partial charge in [-0.1, -0.05) is 0 Å². The van der Waals surface area contributed by atoms with Gasteiger partial charge < -0.3 is 4.57 Å². The number of rotatable bonds is 1. The first-order valence-electron chi connectivity index (χ1n) is 3.48.